The summed E-state index contributed by atoms with van der Waals surface area (Å²) in [5.74, 6) is 0.756. The van der Waals surface area contributed by atoms with Crippen LogP contribution in [0, 0.1) is 0 Å². The number of hydrogen-bond donors (Lipinski definition) is 1. The van der Waals surface area contributed by atoms with Gasteiger partial charge in [0.1, 0.15) is 11.5 Å². The summed E-state index contributed by atoms with van der Waals surface area (Å²) in [5.41, 5.74) is 0.774. The summed E-state index contributed by atoms with van der Waals surface area (Å²) >= 11 is 0. The van der Waals surface area contributed by atoms with Crippen molar-refractivity contribution in [3.05, 3.63) is 78.3 Å². The van der Waals surface area contributed by atoms with E-state index in [2.05, 4.69) is 5.32 Å². The fraction of sp³-hybridized carbons (Fsp3) is 0.150. The second-order valence-corrected chi connectivity index (χ2v) is 7.90. The molecular formula is C20H20N2O5S. The van der Waals surface area contributed by atoms with E-state index in [1.807, 2.05) is 0 Å². The van der Waals surface area contributed by atoms with E-state index in [9.17, 15) is 13.2 Å². The molecule has 0 saturated heterocycles. The number of furan rings is 1. The van der Waals surface area contributed by atoms with Gasteiger partial charge in [-0.1, -0.05) is 12.1 Å². The Hall–Kier alpha value is -3.26. The lowest BCUT2D eigenvalue weighted by atomic mass is 10.2. The van der Waals surface area contributed by atoms with E-state index < -0.39 is 10.0 Å². The van der Waals surface area contributed by atoms with Gasteiger partial charge in [0.05, 0.1) is 30.5 Å². The minimum Gasteiger partial charge on any atom is -0.495 e. The summed E-state index contributed by atoms with van der Waals surface area (Å²) in [5, 5.41) is 2.71. The fourth-order valence-electron chi connectivity index (χ4n) is 2.64. The van der Waals surface area contributed by atoms with E-state index in [0.717, 1.165) is 4.31 Å². The third-order valence-corrected chi connectivity index (χ3v) is 5.99. The second-order valence-electron chi connectivity index (χ2n) is 5.93. The number of nitrogens with zero attached hydrogens (tertiary/aromatic N) is 1. The maximum atomic E-state index is 12.9. The average molecular weight is 400 g/mol. The molecule has 0 atom stereocenters. The van der Waals surface area contributed by atoms with Crippen LogP contribution >= 0.6 is 0 Å². The molecule has 0 bridgehead atoms. The number of methoxy groups -OCH3 is 1. The monoisotopic (exact) mass is 400 g/mol. The first-order chi connectivity index (χ1) is 13.4. The number of para-hydroxylation sites is 2. The molecule has 0 spiro atoms. The number of carbonyl (C=O) groups excluding carboxylic acids is 1. The van der Waals surface area contributed by atoms with Gasteiger partial charge in [-0.2, -0.15) is 0 Å². The van der Waals surface area contributed by atoms with Crippen LogP contribution in [-0.4, -0.2) is 28.5 Å². The molecule has 1 heterocycles. The van der Waals surface area contributed by atoms with Crippen LogP contribution in [-0.2, 0) is 16.6 Å². The highest BCUT2D eigenvalue weighted by molar-refractivity contribution is 7.92. The van der Waals surface area contributed by atoms with Crippen molar-refractivity contribution in [1.29, 1.82) is 0 Å². The molecule has 0 aliphatic carbocycles. The van der Waals surface area contributed by atoms with Crippen molar-refractivity contribution in [1.82, 2.24) is 5.32 Å². The Bertz CT molecular complexity index is 1040. The van der Waals surface area contributed by atoms with Crippen LogP contribution in [0.4, 0.5) is 5.69 Å². The molecule has 1 N–H and O–H groups in total. The zero-order chi connectivity index (χ0) is 20.1. The Morgan fingerprint density at radius 2 is 1.79 bits per heavy atom. The van der Waals surface area contributed by atoms with Crippen LogP contribution in [0.25, 0.3) is 0 Å². The van der Waals surface area contributed by atoms with Gasteiger partial charge < -0.3 is 14.5 Å². The Kier molecular flexibility index (Phi) is 5.70. The highest BCUT2D eigenvalue weighted by Crippen LogP contribution is 2.30. The van der Waals surface area contributed by atoms with E-state index in [4.69, 9.17) is 9.15 Å². The smallest absolute Gasteiger partial charge is 0.264 e. The standard InChI is InChI=1S/C20H20N2O5S/c1-22(18-7-3-4-8-19(18)26-2)28(24,25)17-11-9-15(10-12-17)20(23)21-14-16-6-5-13-27-16/h3-13H,14H2,1-2H3,(H,21,23). The Labute approximate surface area is 163 Å². The SMILES string of the molecule is COc1ccccc1N(C)S(=O)(=O)c1ccc(C(=O)NCc2ccco2)cc1. The molecule has 0 radical (unpaired) electrons. The summed E-state index contributed by atoms with van der Waals surface area (Å²) in [4.78, 5) is 12.3. The minimum absolute atomic E-state index is 0.0727. The molecule has 7 nitrogen and oxygen atoms in total. The molecular weight excluding hydrogens is 380 g/mol. The van der Waals surface area contributed by atoms with Crippen molar-refractivity contribution < 1.29 is 22.4 Å². The van der Waals surface area contributed by atoms with Crippen molar-refractivity contribution in [2.75, 3.05) is 18.5 Å². The summed E-state index contributed by atoms with van der Waals surface area (Å²) in [7, 11) is -0.871. The Balaban J connectivity index is 1.76. The summed E-state index contributed by atoms with van der Waals surface area (Å²) in [6.07, 6.45) is 1.53. The third-order valence-electron chi connectivity index (χ3n) is 4.20. The van der Waals surface area contributed by atoms with Gasteiger partial charge in [-0.3, -0.25) is 9.10 Å². The molecule has 0 aliphatic rings. The Morgan fingerprint density at radius 1 is 1.07 bits per heavy atom. The van der Waals surface area contributed by atoms with Crippen molar-refractivity contribution >= 4 is 21.6 Å². The zero-order valence-corrected chi connectivity index (χ0v) is 16.3. The molecule has 0 saturated carbocycles. The van der Waals surface area contributed by atoms with Crippen molar-refractivity contribution in [2.24, 2.45) is 0 Å². The summed E-state index contributed by atoms with van der Waals surface area (Å²) in [6, 6.07) is 16.1. The molecule has 3 rings (SSSR count). The highest BCUT2D eigenvalue weighted by atomic mass is 32.2. The van der Waals surface area contributed by atoms with E-state index in [1.165, 1.54) is 44.7 Å². The predicted octanol–water partition coefficient (Wildman–Crippen LogP) is 3.04. The average Bonchev–Trinajstić information content (AvgIpc) is 3.25. The maximum Gasteiger partial charge on any atom is 0.264 e. The van der Waals surface area contributed by atoms with Gasteiger partial charge in [0.2, 0.25) is 0 Å². The van der Waals surface area contributed by atoms with Gasteiger partial charge in [0.15, 0.2) is 0 Å². The number of nitrogens with one attached hydrogen (secondary N) is 1. The van der Waals surface area contributed by atoms with Gasteiger partial charge in [0.25, 0.3) is 15.9 Å². The number of anilines is 1. The molecule has 28 heavy (non-hydrogen) atoms. The van der Waals surface area contributed by atoms with Crippen LogP contribution in [0.15, 0.2) is 76.2 Å². The molecule has 2 aromatic carbocycles. The number of ether oxygens (including phenoxy) is 1. The molecule has 1 aromatic heterocycles. The van der Waals surface area contributed by atoms with Crippen LogP contribution < -0.4 is 14.4 Å². The second kappa shape index (κ2) is 8.18. The Morgan fingerprint density at radius 3 is 2.43 bits per heavy atom. The molecule has 1 amide bonds. The lowest BCUT2D eigenvalue weighted by Gasteiger charge is -2.21. The van der Waals surface area contributed by atoms with Gasteiger partial charge in [-0.15, -0.1) is 0 Å². The molecule has 0 unspecified atom stereocenters. The third kappa shape index (κ3) is 4.01. The number of amides is 1. The van der Waals surface area contributed by atoms with E-state index in [-0.39, 0.29) is 17.3 Å². The highest BCUT2D eigenvalue weighted by Gasteiger charge is 2.23. The van der Waals surface area contributed by atoms with Crippen molar-refractivity contribution in [2.45, 2.75) is 11.4 Å². The van der Waals surface area contributed by atoms with Crippen molar-refractivity contribution in [3.8, 4) is 5.75 Å². The fourth-order valence-corrected chi connectivity index (χ4v) is 3.84. The summed E-state index contributed by atoms with van der Waals surface area (Å²) in [6.45, 7) is 0.252. The molecule has 146 valence electrons. The van der Waals surface area contributed by atoms with Crippen LogP contribution in [0.5, 0.6) is 5.75 Å². The lowest BCUT2D eigenvalue weighted by molar-refractivity contribution is 0.0948. The number of rotatable bonds is 7. The molecule has 0 aliphatic heterocycles. The maximum absolute atomic E-state index is 12.9. The van der Waals surface area contributed by atoms with Crippen LogP contribution in [0.3, 0.4) is 0 Å². The first-order valence-corrected chi connectivity index (χ1v) is 9.90. The minimum atomic E-state index is -3.81. The first kappa shape index (κ1) is 19.5. The zero-order valence-electron chi connectivity index (χ0n) is 15.5. The van der Waals surface area contributed by atoms with E-state index in [1.54, 1.807) is 36.4 Å². The molecule has 8 heteroatoms. The van der Waals surface area contributed by atoms with Crippen molar-refractivity contribution in [3.63, 3.8) is 0 Å². The largest absolute Gasteiger partial charge is 0.495 e. The predicted molar refractivity (Wildman–Crippen MR) is 105 cm³/mol. The topological polar surface area (TPSA) is 88.8 Å². The number of hydrogen-bond acceptors (Lipinski definition) is 5. The van der Waals surface area contributed by atoms with Gasteiger partial charge in [0, 0.05) is 12.6 Å². The number of carbonyl (C=O) groups is 1. The first-order valence-electron chi connectivity index (χ1n) is 8.46. The number of sulfonamides is 1. The van der Waals surface area contributed by atoms with Gasteiger partial charge in [-0.05, 0) is 48.5 Å². The summed E-state index contributed by atoms with van der Waals surface area (Å²) < 4.78 is 37.4. The van der Waals surface area contributed by atoms with Gasteiger partial charge in [-0.25, -0.2) is 8.42 Å². The van der Waals surface area contributed by atoms with E-state index in [0.29, 0.717) is 22.8 Å². The molecule has 0 fully saturated rings. The normalized spacial score (nSPS) is 11.1. The molecule has 3 aromatic rings. The quantitative estimate of drug-likeness (QED) is 0.658. The van der Waals surface area contributed by atoms with E-state index >= 15 is 0 Å². The van der Waals surface area contributed by atoms with Gasteiger partial charge >= 0.3 is 0 Å². The van der Waals surface area contributed by atoms with Crippen LogP contribution in [0.2, 0.25) is 0 Å². The lowest BCUT2D eigenvalue weighted by Crippen LogP contribution is -2.27. The number of benzene rings is 2. The van der Waals surface area contributed by atoms with Crippen LogP contribution in [0.1, 0.15) is 16.1 Å².